The quantitative estimate of drug-likeness (QED) is 0.512. The molecule has 0 radical (unpaired) electrons. The van der Waals surface area contributed by atoms with E-state index in [2.05, 4.69) is 10.2 Å². The molecule has 5 nitrogen and oxygen atoms in total. The second kappa shape index (κ2) is 2.58. The number of nitrogens with one attached hydrogen (secondary N) is 1. The number of hydrogen-bond donors (Lipinski definition) is 1. The summed E-state index contributed by atoms with van der Waals surface area (Å²) in [6.45, 7) is 5.85. The highest BCUT2D eigenvalue weighted by Crippen LogP contribution is 2.22. The predicted octanol–water partition coefficient (Wildman–Crippen LogP) is 1.62. The molecule has 66 valence electrons. The van der Waals surface area contributed by atoms with Crippen LogP contribution in [-0.4, -0.2) is 15.1 Å². The van der Waals surface area contributed by atoms with Gasteiger partial charge in [-0.1, -0.05) is 25.9 Å². The summed E-state index contributed by atoms with van der Waals surface area (Å²) in [5.74, 6) is -0.0556. The molecule has 0 saturated carbocycles. The van der Waals surface area contributed by atoms with Gasteiger partial charge in [0.05, 0.1) is 11.8 Å². The van der Waals surface area contributed by atoms with Crippen molar-refractivity contribution in [2.75, 3.05) is 0 Å². The van der Waals surface area contributed by atoms with E-state index in [1.54, 1.807) is 0 Å². The fraction of sp³-hybridized carbons (Fsp3) is 0.571. The minimum absolute atomic E-state index is 0.0556. The van der Waals surface area contributed by atoms with E-state index in [1.165, 1.54) is 6.07 Å². The molecule has 0 bridgehead atoms. The van der Waals surface area contributed by atoms with Crippen molar-refractivity contribution >= 4 is 5.82 Å². The van der Waals surface area contributed by atoms with Gasteiger partial charge in [0.2, 0.25) is 0 Å². The van der Waals surface area contributed by atoms with Gasteiger partial charge in [-0.05, 0) is 4.92 Å². The van der Waals surface area contributed by atoms with Gasteiger partial charge in [-0.2, -0.15) is 0 Å². The third kappa shape index (κ3) is 1.61. The van der Waals surface area contributed by atoms with E-state index in [0.29, 0.717) is 5.69 Å². The SMILES string of the molecule is CC(C)(C)c1cc([N+](=O)[O-])[nH]n1. The fourth-order valence-corrected chi connectivity index (χ4v) is 0.789. The summed E-state index contributed by atoms with van der Waals surface area (Å²) < 4.78 is 0. The van der Waals surface area contributed by atoms with E-state index < -0.39 is 4.92 Å². The molecule has 0 saturated heterocycles. The Balaban J connectivity index is 3.00. The summed E-state index contributed by atoms with van der Waals surface area (Å²) in [5.41, 5.74) is 0.555. The maximum Gasteiger partial charge on any atom is 0.342 e. The van der Waals surface area contributed by atoms with Crippen LogP contribution in [0.5, 0.6) is 0 Å². The summed E-state index contributed by atoms with van der Waals surface area (Å²) in [5, 5.41) is 16.5. The van der Waals surface area contributed by atoms with Crippen LogP contribution in [-0.2, 0) is 5.41 Å². The summed E-state index contributed by atoms with van der Waals surface area (Å²) in [6.07, 6.45) is 0. The molecule has 0 unspecified atom stereocenters. The van der Waals surface area contributed by atoms with Crippen molar-refractivity contribution in [2.45, 2.75) is 26.2 Å². The van der Waals surface area contributed by atoms with Gasteiger partial charge < -0.3 is 10.1 Å². The standard InChI is InChI=1S/C7H11N3O2/c1-7(2,3)5-4-6(9-8-5)10(11)12/h4H,1-3H3,(H,8,9). The van der Waals surface area contributed by atoms with Gasteiger partial charge in [0.25, 0.3) is 0 Å². The minimum atomic E-state index is -0.484. The Kier molecular flexibility index (Phi) is 1.87. The van der Waals surface area contributed by atoms with Crippen LogP contribution >= 0.6 is 0 Å². The molecule has 5 heteroatoms. The molecule has 0 aliphatic rings. The lowest BCUT2D eigenvalue weighted by Gasteiger charge is -2.12. The Labute approximate surface area is 69.9 Å². The molecule has 1 rings (SSSR count). The van der Waals surface area contributed by atoms with Crippen molar-refractivity contribution in [3.05, 3.63) is 21.9 Å². The van der Waals surface area contributed by atoms with Crippen molar-refractivity contribution in [1.82, 2.24) is 10.2 Å². The average Bonchev–Trinajstić information content (AvgIpc) is 2.30. The first-order valence-electron chi connectivity index (χ1n) is 3.61. The van der Waals surface area contributed by atoms with Crippen molar-refractivity contribution in [3.8, 4) is 0 Å². The first-order valence-corrected chi connectivity index (χ1v) is 3.61. The van der Waals surface area contributed by atoms with Crippen LogP contribution in [0.25, 0.3) is 0 Å². The Morgan fingerprint density at radius 1 is 1.58 bits per heavy atom. The number of hydrogen-bond acceptors (Lipinski definition) is 3. The Morgan fingerprint density at radius 3 is 2.42 bits per heavy atom. The molecule has 0 spiro atoms. The van der Waals surface area contributed by atoms with Crippen LogP contribution < -0.4 is 0 Å². The normalized spacial score (nSPS) is 11.6. The summed E-state index contributed by atoms with van der Waals surface area (Å²) in [6, 6.07) is 1.46. The second-order valence-corrected chi connectivity index (χ2v) is 3.65. The molecule has 0 aliphatic heterocycles. The maximum atomic E-state index is 10.3. The van der Waals surface area contributed by atoms with Crippen molar-refractivity contribution < 1.29 is 4.92 Å². The van der Waals surface area contributed by atoms with Gasteiger partial charge in [-0.3, -0.25) is 0 Å². The first kappa shape index (κ1) is 8.70. The lowest BCUT2D eigenvalue weighted by atomic mass is 9.92. The highest BCUT2D eigenvalue weighted by molar-refractivity contribution is 5.24. The number of aromatic nitrogens is 2. The summed E-state index contributed by atoms with van der Waals surface area (Å²) in [4.78, 5) is 9.79. The molecule has 1 N–H and O–H groups in total. The molecular formula is C7H11N3O2. The van der Waals surface area contributed by atoms with E-state index in [1.807, 2.05) is 20.8 Å². The summed E-state index contributed by atoms with van der Waals surface area (Å²) in [7, 11) is 0. The average molecular weight is 169 g/mol. The van der Waals surface area contributed by atoms with Crippen molar-refractivity contribution in [2.24, 2.45) is 0 Å². The zero-order chi connectivity index (χ0) is 9.35. The molecule has 1 aromatic heterocycles. The van der Waals surface area contributed by atoms with E-state index in [-0.39, 0.29) is 11.2 Å². The largest absolute Gasteiger partial charge is 0.358 e. The molecule has 0 amide bonds. The second-order valence-electron chi connectivity index (χ2n) is 3.65. The van der Waals surface area contributed by atoms with Gasteiger partial charge in [0.15, 0.2) is 0 Å². The topological polar surface area (TPSA) is 71.8 Å². The van der Waals surface area contributed by atoms with Crippen LogP contribution in [0.2, 0.25) is 0 Å². The predicted molar refractivity (Wildman–Crippen MR) is 43.9 cm³/mol. The molecule has 1 aromatic rings. The lowest BCUT2D eigenvalue weighted by molar-refractivity contribution is -0.389. The Bertz CT molecular complexity index is 298. The molecular weight excluding hydrogens is 158 g/mol. The van der Waals surface area contributed by atoms with Crippen molar-refractivity contribution in [3.63, 3.8) is 0 Å². The van der Waals surface area contributed by atoms with Gasteiger partial charge in [-0.25, -0.2) is 0 Å². The van der Waals surface area contributed by atoms with Crippen LogP contribution in [0.3, 0.4) is 0 Å². The smallest absolute Gasteiger partial charge is 0.342 e. The number of H-pyrrole nitrogens is 1. The molecule has 0 atom stereocenters. The van der Waals surface area contributed by atoms with E-state index in [9.17, 15) is 10.1 Å². The van der Waals surface area contributed by atoms with E-state index in [0.717, 1.165) is 0 Å². The molecule has 1 heterocycles. The van der Waals surface area contributed by atoms with Gasteiger partial charge in [0.1, 0.15) is 0 Å². The zero-order valence-electron chi connectivity index (χ0n) is 7.29. The van der Waals surface area contributed by atoms with E-state index in [4.69, 9.17) is 0 Å². The molecule has 12 heavy (non-hydrogen) atoms. The van der Waals surface area contributed by atoms with Crippen LogP contribution in [0.15, 0.2) is 6.07 Å². The van der Waals surface area contributed by atoms with Crippen LogP contribution in [0.1, 0.15) is 26.5 Å². The molecule has 0 aromatic carbocycles. The van der Waals surface area contributed by atoms with Gasteiger partial charge in [0, 0.05) is 5.41 Å². The monoisotopic (exact) mass is 169 g/mol. The van der Waals surface area contributed by atoms with Crippen molar-refractivity contribution in [1.29, 1.82) is 0 Å². The third-order valence-corrected chi connectivity index (χ3v) is 1.53. The Morgan fingerprint density at radius 2 is 2.17 bits per heavy atom. The number of nitrogens with zero attached hydrogens (tertiary/aromatic N) is 2. The third-order valence-electron chi connectivity index (χ3n) is 1.53. The van der Waals surface area contributed by atoms with Crippen LogP contribution in [0.4, 0.5) is 5.82 Å². The Hall–Kier alpha value is -1.39. The summed E-state index contributed by atoms with van der Waals surface area (Å²) >= 11 is 0. The van der Waals surface area contributed by atoms with Crippen LogP contribution in [0, 0.1) is 10.1 Å². The number of aromatic amines is 1. The lowest BCUT2D eigenvalue weighted by Crippen LogP contribution is -2.11. The number of rotatable bonds is 1. The molecule has 0 fully saturated rings. The van der Waals surface area contributed by atoms with Gasteiger partial charge >= 0.3 is 5.82 Å². The first-order chi connectivity index (χ1) is 5.41. The number of nitro groups is 1. The highest BCUT2D eigenvalue weighted by Gasteiger charge is 2.21. The van der Waals surface area contributed by atoms with Gasteiger partial charge in [-0.15, -0.1) is 5.10 Å². The zero-order valence-corrected chi connectivity index (χ0v) is 7.29. The molecule has 0 aliphatic carbocycles. The minimum Gasteiger partial charge on any atom is -0.358 e. The highest BCUT2D eigenvalue weighted by atomic mass is 16.6. The maximum absolute atomic E-state index is 10.3. The van der Waals surface area contributed by atoms with E-state index >= 15 is 0 Å². The fourth-order valence-electron chi connectivity index (χ4n) is 0.789.